The minimum absolute atomic E-state index is 1.85. The van der Waals surface area contributed by atoms with Gasteiger partial charge < -0.3 is 0 Å². The van der Waals surface area contributed by atoms with Gasteiger partial charge in [0, 0.05) is 0 Å². The Balaban J connectivity index is 4.27. The molecule has 0 rings (SSSR count). The van der Waals surface area contributed by atoms with Crippen molar-refractivity contribution >= 4 is 39.5 Å². The van der Waals surface area contributed by atoms with Gasteiger partial charge in [0.1, 0.15) is 0 Å². The van der Waals surface area contributed by atoms with Crippen LogP contribution in [0.3, 0.4) is 0 Å². The molecule has 0 fully saturated rings. The van der Waals surface area contributed by atoms with Crippen LogP contribution in [0.5, 0.6) is 0 Å². The molecule has 0 radical (unpaired) electrons. The quantitative estimate of drug-likeness (QED) is 0.383. The second-order valence-corrected chi connectivity index (χ2v) is 37.0. The molecule has 0 aromatic heterocycles. The molecule has 0 aromatic rings. The molecule has 0 nitrogen and oxygen atoms in total. The van der Waals surface area contributed by atoms with E-state index in [0.29, 0.717) is 0 Å². The van der Waals surface area contributed by atoms with E-state index < -0.39 is 39.5 Å². The van der Waals surface area contributed by atoms with Crippen molar-refractivity contribution in [1.82, 2.24) is 0 Å². The topological polar surface area (TPSA) is 0 Å². The average Bonchev–Trinajstić information content (AvgIpc) is 1.76. The van der Waals surface area contributed by atoms with E-state index in [1.165, 1.54) is 0 Å². The molecule has 0 spiro atoms. The molecule has 2 heteroatoms. The summed E-state index contributed by atoms with van der Waals surface area (Å²) in [6.07, 6.45) is 0. The Morgan fingerprint density at radius 1 is 0.917 bits per heavy atom. The van der Waals surface area contributed by atoms with E-state index in [2.05, 4.69) is 47.5 Å². The normalized spacial score (nSPS) is 10.8. The first-order chi connectivity index (χ1) is 5.21. The van der Waals surface area contributed by atoms with E-state index in [0.717, 1.165) is 0 Å². The molecule has 0 saturated heterocycles. The Bertz CT molecular complexity index is 227. The van der Waals surface area contributed by atoms with Crippen LogP contribution in [-0.2, 0) is 0 Å². The van der Waals surface area contributed by atoms with Gasteiger partial charge in [-0.15, -0.1) is 0 Å². The number of hydrogen-bond donors (Lipinski definition) is 0. The SMILES string of the molecule is [CH3][Sn]([CH3])([CH3])[C]#CC#[C][Pb]([CH3])([CH3])[CH3]. The maximum absolute atomic E-state index is 3.33. The Morgan fingerprint density at radius 3 is 1.75 bits per heavy atom. The van der Waals surface area contributed by atoms with Gasteiger partial charge >= 0.3 is 87.1 Å². The van der Waals surface area contributed by atoms with Crippen LogP contribution in [0.2, 0.25) is 28.3 Å². The van der Waals surface area contributed by atoms with Gasteiger partial charge in [0.15, 0.2) is 0 Å². The van der Waals surface area contributed by atoms with E-state index in [1.54, 1.807) is 0 Å². The summed E-state index contributed by atoms with van der Waals surface area (Å²) in [5.41, 5.74) is 0. The van der Waals surface area contributed by atoms with E-state index in [1.807, 2.05) is 0 Å². The molecular weight excluding hydrogens is 446 g/mol. The van der Waals surface area contributed by atoms with Gasteiger partial charge in [-0.2, -0.15) is 0 Å². The molecule has 0 saturated carbocycles. The summed E-state index contributed by atoms with van der Waals surface area (Å²) in [5, 5.41) is 0. The fourth-order valence-electron chi connectivity index (χ4n) is 0.438. The van der Waals surface area contributed by atoms with Gasteiger partial charge in [-0.3, -0.25) is 0 Å². The van der Waals surface area contributed by atoms with Crippen molar-refractivity contribution in [2.45, 2.75) is 28.3 Å². The summed E-state index contributed by atoms with van der Waals surface area (Å²) in [5.74, 6) is 6.04. The zero-order chi connectivity index (χ0) is 9.83. The van der Waals surface area contributed by atoms with Crippen molar-refractivity contribution in [3.63, 3.8) is 0 Å². The standard InChI is InChI=1S/C4.6CH3.Pb.Sn/c1-3-4-2;;;;;;;;/h;6*1H3;;. The van der Waals surface area contributed by atoms with Crippen LogP contribution in [-0.4, -0.2) is 39.5 Å². The molecule has 0 aliphatic heterocycles. The first-order valence-corrected chi connectivity index (χ1v) is 27.8. The molecule has 0 bridgehead atoms. The molecule has 0 heterocycles. The van der Waals surface area contributed by atoms with Crippen LogP contribution in [0.4, 0.5) is 0 Å². The minimum atomic E-state index is -1.96. The van der Waals surface area contributed by atoms with E-state index in [9.17, 15) is 0 Å². The van der Waals surface area contributed by atoms with E-state index in [-0.39, 0.29) is 0 Å². The number of rotatable bonds is 0. The zero-order valence-electron chi connectivity index (χ0n) is 9.00. The van der Waals surface area contributed by atoms with Crippen LogP contribution in [0.15, 0.2) is 0 Å². The van der Waals surface area contributed by atoms with Gasteiger partial charge in [0.2, 0.25) is 0 Å². The molecule has 0 aromatic carbocycles. The third-order valence-electron chi connectivity index (χ3n) is 0.938. The molecule has 12 heavy (non-hydrogen) atoms. The maximum atomic E-state index is 3.33. The van der Waals surface area contributed by atoms with E-state index >= 15 is 0 Å². The second kappa shape index (κ2) is 4.91. The second-order valence-electron chi connectivity index (χ2n) is 5.00. The molecular formula is C10H18PbSn. The van der Waals surface area contributed by atoms with Crippen LogP contribution in [0.25, 0.3) is 0 Å². The average molecular weight is 464 g/mol. The van der Waals surface area contributed by atoms with Crippen LogP contribution in [0, 0.1) is 19.3 Å². The summed E-state index contributed by atoms with van der Waals surface area (Å²) < 4.78 is 13.6. The Kier molecular flexibility index (Phi) is 5.25. The van der Waals surface area contributed by atoms with Crippen molar-refractivity contribution in [2.75, 3.05) is 0 Å². The fraction of sp³-hybridized carbons (Fsp3) is 0.600. The van der Waals surface area contributed by atoms with Gasteiger partial charge in [0.05, 0.1) is 0 Å². The molecule has 0 aliphatic rings. The summed E-state index contributed by atoms with van der Waals surface area (Å²) in [7, 11) is 0. The fourth-order valence-corrected chi connectivity index (χ4v) is 3.39. The van der Waals surface area contributed by atoms with Gasteiger partial charge in [-0.05, 0) is 0 Å². The van der Waals surface area contributed by atoms with Gasteiger partial charge in [-0.1, -0.05) is 0 Å². The first kappa shape index (κ1) is 12.8. The van der Waals surface area contributed by atoms with E-state index in [4.69, 9.17) is 0 Å². The molecule has 0 atom stereocenters. The zero-order valence-corrected chi connectivity index (χ0v) is 15.7. The molecule has 0 unspecified atom stereocenters. The van der Waals surface area contributed by atoms with Crippen molar-refractivity contribution in [1.29, 1.82) is 0 Å². The van der Waals surface area contributed by atoms with Crippen LogP contribution < -0.4 is 0 Å². The third-order valence-corrected chi connectivity index (χ3v) is 6.84. The Labute approximate surface area is 86.0 Å². The van der Waals surface area contributed by atoms with Gasteiger partial charge in [-0.25, -0.2) is 0 Å². The summed E-state index contributed by atoms with van der Waals surface area (Å²) in [6, 6.07) is 0. The van der Waals surface area contributed by atoms with Crippen molar-refractivity contribution < 1.29 is 0 Å². The Morgan fingerprint density at radius 2 is 1.42 bits per heavy atom. The van der Waals surface area contributed by atoms with Crippen molar-refractivity contribution in [3.05, 3.63) is 0 Å². The predicted octanol–water partition coefficient (Wildman–Crippen LogP) is 2.75. The van der Waals surface area contributed by atoms with Crippen LogP contribution >= 0.6 is 0 Å². The van der Waals surface area contributed by atoms with Crippen molar-refractivity contribution in [2.24, 2.45) is 0 Å². The summed E-state index contributed by atoms with van der Waals surface area (Å²) >= 11 is -3.81. The first-order valence-electron chi connectivity index (χ1n) is 4.25. The van der Waals surface area contributed by atoms with Crippen molar-refractivity contribution in [3.8, 4) is 19.3 Å². The molecule has 0 aliphatic carbocycles. The van der Waals surface area contributed by atoms with Gasteiger partial charge in [0.25, 0.3) is 0 Å². The monoisotopic (exact) mass is 466 g/mol. The summed E-state index contributed by atoms with van der Waals surface area (Å²) in [4.78, 5) is 6.93. The molecule has 0 N–H and O–H groups in total. The molecule has 0 amide bonds. The predicted molar refractivity (Wildman–Crippen MR) is 62.2 cm³/mol. The third kappa shape index (κ3) is 10.8. The summed E-state index contributed by atoms with van der Waals surface area (Å²) in [6.45, 7) is 0. The van der Waals surface area contributed by atoms with Crippen LogP contribution in [0.1, 0.15) is 0 Å². The molecule has 66 valence electrons. The Hall–Kier alpha value is 0.841. The number of hydrogen-bond acceptors (Lipinski definition) is 0.